The van der Waals surface area contributed by atoms with Gasteiger partial charge >= 0.3 is 6.18 Å². The van der Waals surface area contributed by atoms with Gasteiger partial charge < -0.3 is 0 Å². The zero-order valence-electron chi connectivity index (χ0n) is 7.51. The van der Waals surface area contributed by atoms with Crippen LogP contribution in [0.15, 0.2) is 17.1 Å². The van der Waals surface area contributed by atoms with Gasteiger partial charge in [-0.15, -0.1) is 0 Å². The standard InChI is InChI=1S/C8H9F3N2O/c1-2-6-3-4-12-13(7(6)14)5-8(9,10)11/h3-4H,2,5H2,1H3. The van der Waals surface area contributed by atoms with Gasteiger partial charge in [-0.05, 0) is 12.5 Å². The molecule has 0 radical (unpaired) electrons. The lowest BCUT2D eigenvalue weighted by Crippen LogP contribution is -2.31. The van der Waals surface area contributed by atoms with Crippen molar-refractivity contribution in [3.05, 3.63) is 28.2 Å². The minimum Gasteiger partial charge on any atom is -0.267 e. The monoisotopic (exact) mass is 206 g/mol. The fourth-order valence-electron chi connectivity index (χ4n) is 1.04. The van der Waals surface area contributed by atoms with Gasteiger partial charge in [-0.2, -0.15) is 18.3 Å². The summed E-state index contributed by atoms with van der Waals surface area (Å²) in [4.78, 5) is 11.3. The fourth-order valence-corrected chi connectivity index (χ4v) is 1.04. The van der Waals surface area contributed by atoms with Gasteiger partial charge in [0.15, 0.2) is 0 Å². The number of halogens is 3. The Hall–Kier alpha value is -1.33. The summed E-state index contributed by atoms with van der Waals surface area (Å²) < 4.78 is 36.3. The van der Waals surface area contributed by atoms with Crippen LogP contribution in [0.3, 0.4) is 0 Å². The Bertz CT molecular complexity index is 370. The van der Waals surface area contributed by atoms with E-state index < -0.39 is 18.3 Å². The second-order valence-electron chi connectivity index (χ2n) is 2.79. The SMILES string of the molecule is CCc1ccnn(CC(F)(F)F)c1=O. The number of hydrogen-bond donors (Lipinski definition) is 0. The largest absolute Gasteiger partial charge is 0.408 e. The molecule has 0 atom stereocenters. The topological polar surface area (TPSA) is 34.9 Å². The van der Waals surface area contributed by atoms with Crippen molar-refractivity contribution in [2.45, 2.75) is 26.1 Å². The Balaban J connectivity index is 3.05. The van der Waals surface area contributed by atoms with Crippen molar-refractivity contribution < 1.29 is 13.2 Å². The summed E-state index contributed by atoms with van der Waals surface area (Å²) in [5.74, 6) is 0. The molecule has 1 aromatic rings. The lowest BCUT2D eigenvalue weighted by Gasteiger charge is -2.08. The Morgan fingerprint density at radius 2 is 2.14 bits per heavy atom. The molecule has 3 nitrogen and oxygen atoms in total. The number of alkyl halides is 3. The van der Waals surface area contributed by atoms with E-state index in [1.807, 2.05) is 0 Å². The molecule has 1 rings (SSSR count). The zero-order chi connectivity index (χ0) is 10.8. The van der Waals surface area contributed by atoms with E-state index >= 15 is 0 Å². The first kappa shape index (κ1) is 10.7. The van der Waals surface area contributed by atoms with Crippen LogP contribution in [0.5, 0.6) is 0 Å². The summed E-state index contributed by atoms with van der Waals surface area (Å²) in [5, 5.41) is 3.36. The highest BCUT2D eigenvalue weighted by atomic mass is 19.4. The Kier molecular flexibility index (Phi) is 2.93. The third kappa shape index (κ3) is 2.58. The number of nitrogens with zero attached hydrogens (tertiary/aromatic N) is 2. The van der Waals surface area contributed by atoms with Gasteiger partial charge in [-0.25, -0.2) is 4.68 Å². The molecule has 0 amide bonds. The number of rotatable bonds is 2. The van der Waals surface area contributed by atoms with Crippen molar-refractivity contribution >= 4 is 0 Å². The van der Waals surface area contributed by atoms with Crippen molar-refractivity contribution in [3.63, 3.8) is 0 Å². The van der Waals surface area contributed by atoms with E-state index in [-0.39, 0.29) is 0 Å². The minimum atomic E-state index is -4.41. The first-order valence-electron chi connectivity index (χ1n) is 4.06. The molecular weight excluding hydrogens is 197 g/mol. The Morgan fingerprint density at radius 3 is 2.64 bits per heavy atom. The normalized spacial score (nSPS) is 11.7. The molecule has 0 aliphatic rings. The molecule has 0 aliphatic carbocycles. The molecule has 0 bridgehead atoms. The molecule has 0 saturated carbocycles. The van der Waals surface area contributed by atoms with Crippen LogP contribution >= 0.6 is 0 Å². The summed E-state index contributed by atoms with van der Waals surface area (Å²) in [6.07, 6.45) is -2.81. The summed E-state index contributed by atoms with van der Waals surface area (Å²) in [5.41, 5.74) is -0.337. The highest BCUT2D eigenvalue weighted by Gasteiger charge is 2.29. The van der Waals surface area contributed by atoms with Crippen molar-refractivity contribution in [2.24, 2.45) is 0 Å². The second-order valence-corrected chi connectivity index (χ2v) is 2.79. The Morgan fingerprint density at radius 1 is 1.50 bits per heavy atom. The van der Waals surface area contributed by atoms with Crippen LogP contribution < -0.4 is 5.56 Å². The third-order valence-corrected chi connectivity index (χ3v) is 1.70. The van der Waals surface area contributed by atoms with Crippen LogP contribution in [0.25, 0.3) is 0 Å². The molecule has 0 unspecified atom stereocenters. The van der Waals surface area contributed by atoms with Crippen molar-refractivity contribution in [1.29, 1.82) is 0 Å². The van der Waals surface area contributed by atoms with Gasteiger partial charge in [0.25, 0.3) is 5.56 Å². The zero-order valence-corrected chi connectivity index (χ0v) is 7.51. The highest BCUT2D eigenvalue weighted by molar-refractivity contribution is 5.06. The van der Waals surface area contributed by atoms with E-state index in [1.165, 1.54) is 12.3 Å². The Labute approximate surface area is 78.2 Å². The average molecular weight is 206 g/mol. The number of aryl methyl sites for hydroxylation is 1. The average Bonchev–Trinajstić information content (AvgIpc) is 2.06. The maximum atomic E-state index is 12.0. The second kappa shape index (κ2) is 3.81. The summed E-state index contributed by atoms with van der Waals surface area (Å²) in [6, 6.07) is 1.43. The van der Waals surface area contributed by atoms with Gasteiger partial charge in [-0.1, -0.05) is 6.92 Å². The van der Waals surface area contributed by atoms with Crippen LogP contribution in [0.4, 0.5) is 13.2 Å². The molecule has 6 heteroatoms. The van der Waals surface area contributed by atoms with Crippen molar-refractivity contribution in [2.75, 3.05) is 0 Å². The van der Waals surface area contributed by atoms with Crippen LogP contribution in [0, 0.1) is 0 Å². The summed E-state index contributed by atoms with van der Waals surface area (Å²) >= 11 is 0. The van der Waals surface area contributed by atoms with Gasteiger partial charge in [0.2, 0.25) is 0 Å². The molecule has 0 fully saturated rings. The van der Waals surface area contributed by atoms with Gasteiger partial charge in [0.1, 0.15) is 6.54 Å². The first-order valence-corrected chi connectivity index (χ1v) is 4.06. The van der Waals surface area contributed by atoms with E-state index in [0.29, 0.717) is 16.7 Å². The smallest absolute Gasteiger partial charge is 0.267 e. The predicted octanol–water partition coefficient (Wildman–Crippen LogP) is 1.37. The lowest BCUT2D eigenvalue weighted by atomic mass is 10.2. The van der Waals surface area contributed by atoms with E-state index in [2.05, 4.69) is 5.10 Å². The molecule has 78 valence electrons. The first-order chi connectivity index (χ1) is 6.44. The fraction of sp³-hybridized carbons (Fsp3) is 0.500. The van der Waals surface area contributed by atoms with Crippen molar-refractivity contribution in [1.82, 2.24) is 9.78 Å². The van der Waals surface area contributed by atoms with Crippen molar-refractivity contribution in [3.8, 4) is 0 Å². The van der Waals surface area contributed by atoms with E-state index in [4.69, 9.17) is 0 Å². The van der Waals surface area contributed by atoms with Crippen LogP contribution in [0.1, 0.15) is 12.5 Å². The third-order valence-electron chi connectivity index (χ3n) is 1.70. The molecule has 0 aliphatic heterocycles. The number of aromatic nitrogens is 2. The molecular formula is C8H9F3N2O. The molecule has 0 aromatic carbocycles. The summed E-state index contributed by atoms with van der Waals surface area (Å²) in [6.45, 7) is 0.369. The van der Waals surface area contributed by atoms with Gasteiger partial charge in [0, 0.05) is 11.8 Å². The van der Waals surface area contributed by atoms with E-state index in [1.54, 1.807) is 6.92 Å². The minimum absolute atomic E-state index is 0.337. The quantitative estimate of drug-likeness (QED) is 0.732. The molecule has 1 aromatic heterocycles. The molecule has 0 spiro atoms. The maximum absolute atomic E-state index is 12.0. The highest BCUT2D eigenvalue weighted by Crippen LogP contribution is 2.15. The van der Waals surface area contributed by atoms with E-state index in [0.717, 1.165) is 0 Å². The molecule has 1 heterocycles. The maximum Gasteiger partial charge on any atom is 0.408 e. The van der Waals surface area contributed by atoms with Gasteiger partial charge in [-0.3, -0.25) is 4.79 Å². The van der Waals surface area contributed by atoms with Gasteiger partial charge in [0.05, 0.1) is 0 Å². The number of hydrogen-bond acceptors (Lipinski definition) is 2. The van der Waals surface area contributed by atoms with Crippen LogP contribution in [0.2, 0.25) is 0 Å². The molecule has 14 heavy (non-hydrogen) atoms. The molecule has 0 saturated heterocycles. The summed E-state index contributed by atoms with van der Waals surface area (Å²) in [7, 11) is 0. The lowest BCUT2D eigenvalue weighted by molar-refractivity contribution is -0.143. The van der Waals surface area contributed by atoms with E-state index in [9.17, 15) is 18.0 Å². The van der Waals surface area contributed by atoms with Crippen LogP contribution in [-0.2, 0) is 13.0 Å². The predicted molar refractivity (Wildman–Crippen MR) is 43.9 cm³/mol. The van der Waals surface area contributed by atoms with Crippen LogP contribution in [-0.4, -0.2) is 16.0 Å². The molecule has 0 N–H and O–H groups in total.